The van der Waals surface area contributed by atoms with Crippen molar-refractivity contribution >= 4 is 21.6 Å². The monoisotopic (exact) mass is 430 g/mol. The van der Waals surface area contributed by atoms with Crippen molar-refractivity contribution in [2.75, 3.05) is 24.2 Å². The second-order valence-corrected chi connectivity index (χ2v) is 9.72. The van der Waals surface area contributed by atoms with Crippen LogP contribution in [0.15, 0.2) is 42.5 Å². The van der Waals surface area contributed by atoms with Gasteiger partial charge in [0, 0.05) is 19.0 Å². The fourth-order valence-corrected chi connectivity index (χ4v) is 4.85. The molecule has 0 bridgehead atoms. The van der Waals surface area contributed by atoms with Gasteiger partial charge >= 0.3 is 0 Å². The molecule has 30 heavy (non-hydrogen) atoms. The van der Waals surface area contributed by atoms with Crippen LogP contribution in [-0.2, 0) is 27.7 Å². The van der Waals surface area contributed by atoms with Crippen molar-refractivity contribution in [1.29, 1.82) is 0 Å². The average Bonchev–Trinajstić information content (AvgIpc) is 3.18. The average molecular weight is 431 g/mol. The molecular weight excluding hydrogens is 400 g/mol. The minimum absolute atomic E-state index is 0.0761. The number of carbonyl (C=O) groups excluding carboxylic acids is 1. The van der Waals surface area contributed by atoms with Gasteiger partial charge in [0.15, 0.2) is 0 Å². The molecule has 0 saturated heterocycles. The van der Waals surface area contributed by atoms with E-state index in [0.29, 0.717) is 17.9 Å². The summed E-state index contributed by atoms with van der Waals surface area (Å²) in [6, 6.07) is 13.3. The van der Waals surface area contributed by atoms with E-state index in [1.54, 1.807) is 24.3 Å². The number of nitrogens with one attached hydrogen (secondary N) is 1. The van der Waals surface area contributed by atoms with Gasteiger partial charge < -0.3 is 10.1 Å². The summed E-state index contributed by atoms with van der Waals surface area (Å²) in [5, 5.41) is 3.03. The van der Waals surface area contributed by atoms with Gasteiger partial charge in [-0.25, -0.2) is 8.42 Å². The molecule has 3 rings (SSSR count). The zero-order chi connectivity index (χ0) is 21.7. The van der Waals surface area contributed by atoms with E-state index in [0.717, 1.165) is 18.4 Å². The fraction of sp³-hybridized carbons (Fsp3) is 0.435. The predicted octanol–water partition coefficient (Wildman–Crippen LogP) is 3.61. The highest BCUT2D eigenvalue weighted by molar-refractivity contribution is 7.92. The molecule has 1 atom stereocenters. The highest BCUT2D eigenvalue weighted by Gasteiger charge is 2.19. The van der Waals surface area contributed by atoms with Crippen LogP contribution in [0.3, 0.4) is 0 Å². The van der Waals surface area contributed by atoms with Crippen molar-refractivity contribution in [3.8, 4) is 5.75 Å². The van der Waals surface area contributed by atoms with E-state index in [1.165, 1.54) is 35.2 Å². The molecule has 162 valence electrons. The number of rotatable bonds is 9. The Morgan fingerprint density at radius 2 is 1.93 bits per heavy atom. The highest BCUT2D eigenvalue weighted by atomic mass is 32.2. The Kier molecular flexibility index (Phi) is 7.02. The molecule has 0 heterocycles. The minimum atomic E-state index is -3.47. The van der Waals surface area contributed by atoms with Crippen molar-refractivity contribution in [2.24, 2.45) is 0 Å². The zero-order valence-corrected chi connectivity index (χ0v) is 18.7. The number of nitrogens with zero attached hydrogens (tertiary/aromatic N) is 1. The van der Waals surface area contributed by atoms with E-state index in [2.05, 4.69) is 23.5 Å². The van der Waals surface area contributed by atoms with E-state index in [1.807, 2.05) is 6.92 Å². The lowest BCUT2D eigenvalue weighted by molar-refractivity contribution is -0.121. The third kappa shape index (κ3) is 5.53. The van der Waals surface area contributed by atoms with Gasteiger partial charge in [-0.2, -0.15) is 0 Å². The molecule has 0 radical (unpaired) electrons. The lowest BCUT2D eigenvalue weighted by Crippen LogP contribution is -2.32. The van der Waals surface area contributed by atoms with Crippen molar-refractivity contribution in [2.45, 2.75) is 45.1 Å². The third-order valence-electron chi connectivity index (χ3n) is 5.51. The summed E-state index contributed by atoms with van der Waals surface area (Å²) >= 11 is 0. The number of aryl methyl sites for hydroxylation is 2. The third-order valence-corrected chi connectivity index (χ3v) is 6.70. The summed E-state index contributed by atoms with van der Waals surface area (Å²) < 4.78 is 31.0. The topological polar surface area (TPSA) is 75.7 Å². The Balaban J connectivity index is 1.56. The molecule has 1 aliphatic rings. The van der Waals surface area contributed by atoms with E-state index in [4.69, 9.17) is 4.74 Å². The van der Waals surface area contributed by atoms with Gasteiger partial charge in [-0.15, -0.1) is 0 Å². The van der Waals surface area contributed by atoms with Gasteiger partial charge in [0.2, 0.25) is 15.9 Å². The molecule has 2 aromatic rings. The van der Waals surface area contributed by atoms with Crippen LogP contribution in [0.1, 0.15) is 48.9 Å². The van der Waals surface area contributed by atoms with Gasteiger partial charge in [0.1, 0.15) is 5.75 Å². The molecule has 6 nitrogen and oxygen atoms in total. The molecule has 0 spiro atoms. The Morgan fingerprint density at radius 1 is 1.17 bits per heavy atom. The Morgan fingerprint density at radius 3 is 2.67 bits per heavy atom. The summed E-state index contributed by atoms with van der Waals surface area (Å²) in [5.41, 5.74) is 4.44. The fourth-order valence-electron chi connectivity index (χ4n) is 3.89. The first-order valence-electron chi connectivity index (χ1n) is 10.3. The summed E-state index contributed by atoms with van der Waals surface area (Å²) in [4.78, 5) is 12.4. The van der Waals surface area contributed by atoms with Gasteiger partial charge in [-0.05, 0) is 61.4 Å². The van der Waals surface area contributed by atoms with Crippen LogP contribution in [0, 0.1) is 0 Å². The SMILES string of the molecule is COc1cccc(N(CCCC(=O)N[C@H](C)c2ccc3c(c2)CCC3)S(C)(=O)=O)c1. The molecule has 1 N–H and O–H groups in total. The van der Waals surface area contributed by atoms with Crippen molar-refractivity contribution in [3.63, 3.8) is 0 Å². The number of amides is 1. The van der Waals surface area contributed by atoms with E-state index < -0.39 is 10.0 Å². The standard InChI is InChI=1S/C23H30N2O4S/c1-17(19-13-12-18-7-4-8-20(18)15-19)24-23(26)11-6-14-25(30(3,27)28)21-9-5-10-22(16-21)29-2/h5,9-10,12-13,15-17H,4,6-8,11,14H2,1-3H3,(H,24,26)/t17-/m1/s1. The molecule has 0 saturated carbocycles. The van der Waals surface area contributed by atoms with E-state index >= 15 is 0 Å². The molecule has 0 unspecified atom stereocenters. The first-order valence-corrected chi connectivity index (χ1v) is 12.2. The van der Waals surface area contributed by atoms with Crippen LogP contribution >= 0.6 is 0 Å². The van der Waals surface area contributed by atoms with Crippen LogP contribution in [0.25, 0.3) is 0 Å². The second-order valence-electron chi connectivity index (χ2n) is 7.81. The van der Waals surface area contributed by atoms with Crippen molar-refractivity contribution in [3.05, 3.63) is 59.2 Å². The van der Waals surface area contributed by atoms with Gasteiger partial charge in [-0.3, -0.25) is 9.10 Å². The molecule has 7 heteroatoms. The summed E-state index contributed by atoms with van der Waals surface area (Å²) in [6.45, 7) is 2.21. The van der Waals surface area contributed by atoms with Gasteiger partial charge in [-0.1, -0.05) is 24.3 Å². The Hall–Kier alpha value is -2.54. The lowest BCUT2D eigenvalue weighted by Gasteiger charge is -2.23. The number of hydrogen-bond acceptors (Lipinski definition) is 4. The summed E-state index contributed by atoms with van der Waals surface area (Å²) in [7, 11) is -1.93. The number of sulfonamides is 1. The Labute approximate surface area is 179 Å². The quantitative estimate of drug-likeness (QED) is 0.659. The van der Waals surface area contributed by atoms with Crippen molar-refractivity contribution in [1.82, 2.24) is 5.32 Å². The molecule has 1 aliphatic carbocycles. The lowest BCUT2D eigenvalue weighted by atomic mass is 10.0. The number of ether oxygens (including phenoxy) is 1. The number of methoxy groups -OCH3 is 1. The summed E-state index contributed by atoms with van der Waals surface area (Å²) in [6.07, 6.45) is 5.29. The van der Waals surface area contributed by atoms with Gasteiger partial charge in [0.25, 0.3) is 0 Å². The number of hydrogen-bond donors (Lipinski definition) is 1. The van der Waals surface area contributed by atoms with Crippen molar-refractivity contribution < 1.29 is 17.9 Å². The summed E-state index contributed by atoms with van der Waals surface area (Å²) in [5.74, 6) is 0.504. The van der Waals surface area contributed by atoms with Crippen LogP contribution in [-0.4, -0.2) is 34.2 Å². The maximum absolute atomic E-state index is 12.4. The predicted molar refractivity (Wildman–Crippen MR) is 119 cm³/mol. The zero-order valence-electron chi connectivity index (χ0n) is 17.8. The van der Waals surface area contributed by atoms with E-state index in [-0.39, 0.29) is 24.9 Å². The van der Waals surface area contributed by atoms with Gasteiger partial charge in [0.05, 0.1) is 25.1 Å². The second kappa shape index (κ2) is 9.51. The molecule has 2 aromatic carbocycles. The molecule has 1 amide bonds. The molecule has 0 fully saturated rings. The van der Waals surface area contributed by atoms with Crippen LogP contribution in [0.5, 0.6) is 5.75 Å². The highest BCUT2D eigenvalue weighted by Crippen LogP contribution is 2.26. The minimum Gasteiger partial charge on any atom is -0.497 e. The van der Waals surface area contributed by atoms with E-state index in [9.17, 15) is 13.2 Å². The molecular formula is C23H30N2O4S. The Bertz CT molecular complexity index is 1000. The first kappa shape index (κ1) is 22.2. The number of fused-ring (bicyclic) bond motifs is 1. The van der Waals surface area contributed by atoms with Crippen LogP contribution in [0.2, 0.25) is 0 Å². The molecule has 0 aliphatic heterocycles. The maximum Gasteiger partial charge on any atom is 0.232 e. The van der Waals surface area contributed by atoms with Crippen LogP contribution < -0.4 is 14.4 Å². The number of benzene rings is 2. The molecule has 0 aromatic heterocycles. The largest absolute Gasteiger partial charge is 0.497 e. The number of carbonyl (C=O) groups is 1. The number of anilines is 1. The van der Waals surface area contributed by atoms with Crippen LogP contribution in [0.4, 0.5) is 5.69 Å². The smallest absolute Gasteiger partial charge is 0.232 e. The maximum atomic E-state index is 12.4. The first-order chi connectivity index (χ1) is 14.3. The normalized spacial score (nSPS) is 14.1.